The summed E-state index contributed by atoms with van der Waals surface area (Å²) in [4.78, 5) is 23.3. The van der Waals surface area contributed by atoms with E-state index in [1.54, 1.807) is 14.1 Å². The van der Waals surface area contributed by atoms with Crippen molar-refractivity contribution in [2.45, 2.75) is 11.3 Å². The molecule has 1 rings (SSSR count). The number of carbonyl (C=O) groups is 2. The molecule has 1 amide bonds. The van der Waals surface area contributed by atoms with Gasteiger partial charge in [-0.2, -0.15) is 0 Å². The average molecular weight is 385 g/mol. The second-order valence-corrected chi connectivity index (χ2v) is 8.10. The fraction of sp³-hybridized carbons (Fsp3) is 0.400. The Morgan fingerprint density at radius 3 is 2.50 bits per heavy atom. The van der Waals surface area contributed by atoms with Crippen molar-refractivity contribution >= 4 is 49.2 Å². The summed E-state index contributed by atoms with van der Waals surface area (Å²) in [5.41, 5.74) is 0. The lowest BCUT2D eigenvalue weighted by molar-refractivity contribution is -0.128. The molecule has 112 valence electrons. The second kappa shape index (κ2) is 6.66. The molecule has 0 aromatic carbocycles. The molecule has 0 spiro atoms. The van der Waals surface area contributed by atoms with E-state index >= 15 is 0 Å². The molecule has 2 N–H and O–H groups in total. The summed E-state index contributed by atoms with van der Waals surface area (Å²) in [6.07, 6.45) is 0.0276. The number of nitrogens with zero attached hydrogens (tertiary/aromatic N) is 1. The molecular formula is C10H13BrN2O5S2. The van der Waals surface area contributed by atoms with E-state index < -0.39 is 16.0 Å². The zero-order chi connectivity index (χ0) is 15.5. The van der Waals surface area contributed by atoms with E-state index in [9.17, 15) is 18.0 Å². The molecular weight excluding hydrogens is 372 g/mol. The third kappa shape index (κ3) is 4.27. The van der Waals surface area contributed by atoms with Crippen LogP contribution < -0.4 is 4.72 Å². The Kier molecular flexibility index (Phi) is 5.68. The molecule has 20 heavy (non-hydrogen) atoms. The van der Waals surface area contributed by atoms with Gasteiger partial charge in [0.05, 0.1) is 3.79 Å². The largest absolute Gasteiger partial charge is 0.477 e. The summed E-state index contributed by atoms with van der Waals surface area (Å²) >= 11 is 3.84. The maximum Gasteiger partial charge on any atom is 0.345 e. The van der Waals surface area contributed by atoms with Gasteiger partial charge in [-0.1, -0.05) is 0 Å². The van der Waals surface area contributed by atoms with Gasteiger partial charge >= 0.3 is 5.97 Å². The van der Waals surface area contributed by atoms with Crippen LogP contribution in [0.3, 0.4) is 0 Å². The molecule has 0 fully saturated rings. The number of hydrogen-bond acceptors (Lipinski definition) is 5. The number of carboxylic acids is 1. The van der Waals surface area contributed by atoms with Gasteiger partial charge in [0.25, 0.3) is 0 Å². The molecule has 0 unspecified atom stereocenters. The summed E-state index contributed by atoms with van der Waals surface area (Å²) in [7, 11) is -0.696. The third-order valence-electron chi connectivity index (χ3n) is 2.29. The number of carbonyl (C=O) groups excluding carboxylic acids is 1. The van der Waals surface area contributed by atoms with Crippen molar-refractivity contribution in [3.8, 4) is 0 Å². The van der Waals surface area contributed by atoms with Crippen LogP contribution in [0, 0.1) is 0 Å². The molecule has 7 nitrogen and oxygen atoms in total. The fourth-order valence-electron chi connectivity index (χ4n) is 1.23. The molecule has 0 bridgehead atoms. The van der Waals surface area contributed by atoms with Gasteiger partial charge in [-0.15, -0.1) is 11.3 Å². The van der Waals surface area contributed by atoms with Crippen LogP contribution >= 0.6 is 27.3 Å². The fourth-order valence-corrected chi connectivity index (χ4v) is 4.67. The Balaban J connectivity index is 2.79. The Hall–Kier alpha value is -0.970. The third-order valence-corrected chi connectivity index (χ3v) is 5.99. The molecule has 0 atom stereocenters. The standard InChI is InChI=1S/C10H13BrN2O5S2/c1-13(2)8(14)3-4-12-20(17,18)7-5-6(10(15)16)19-9(7)11/h5,12H,3-4H2,1-2H3,(H,15,16). The SMILES string of the molecule is CN(C)C(=O)CCNS(=O)(=O)c1cc(C(=O)O)sc1Br. The molecule has 0 saturated carbocycles. The van der Waals surface area contributed by atoms with Gasteiger partial charge in [-0.3, -0.25) is 4.79 Å². The van der Waals surface area contributed by atoms with E-state index in [4.69, 9.17) is 5.11 Å². The van der Waals surface area contributed by atoms with Gasteiger partial charge in [0.1, 0.15) is 9.77 Å². The first-order valence-electron chi connectivity index (χ1n) is 5.37. The monoisotopic (exact) mass is 384 g/mol. The summed E-state index contributed by atoms with van der Waals surface area (Å²) in [5.74, 6) is -1.40. The highest BCUT2D eigenvalue weighted by Gasteiger charge is 2.23. The number of aromatic carboxylic acids is 1. The maximum absolute atomic E-state index is 12.0. The van der Waals surface area contributed by atoms with Crippen LogP contribution in [-0.2, 0) is 14.8 Å². The highest BCUT2D eigenvalue weighted by molar-refractivity contribution is 9.11. The molecule has 0 saturated heterocycles. The van der Waals surface area contributed by atoms with Gasteiger partial charge in [0, 0.05) is 27.1 Å². The molecule has 0 aliphatic heterocycles. The van der Waals surface area contributed by atoms with Crippen LogP contribution in [0.15, 0.2) is 14.7 Å². The summed E-state index contributed by atoms with van der Waals surface area (Å²) in [6, 6.07) is 1.08. The average Bonchev–Trinajstić information content (AvgIpc) is 2.71. The van der Waals surface area contributed by atoms with Crippen molar-refractivity contribution in [1.82, 2.24) is 9.62 Å². The lowest BCUT2D eigenvalue weighted by atomic mass is 10.4. The molecule has 10 heteroatoms. The smallest absolute Gasteiger partial charge is 0.345 e. The molecule has 1 heterocycles. The maximum atomic E-state index is 12.0. The predicted octanol–water partition coefficient (Wildman–Crippen LogP) is 0.965. The zero-order valence-corrected chi connectivity index (χ0v) is 13.9. The van der Waals surface area contributed by atoms with E-state index in [-0.39, 0.29) is 32.4 Å². The van der Waals surface area contributed by atoms with Gasteiger partial charge in [0.2, 0.25) is 15.9 Å². The number of sulfonamides is 1. The van der Waals surface area contributed by atoms with Crippen molar-refractivity contribution in [3.05, 3.63) is 14.7 Å². The predicted molar refractivity (Wildman–Crippen MR) is 77.5 cm³/mol. The van der Waals surface area contributed by atoms with Crippen LogP contribution in [0.2, 0.25) is 0 Å². The molecule has 1 aromatic rings. The number of nitrogens with one attached hydrogen (secondary N) is 1. The highest BCUT2D eigenvalue weighted by Crippen LogP contribution is 2.31. The number of hydrogen-bond donors (Lipinski definition) is 2. The number of carboxylic acid groups (broad SMARTS) is 1. The van der Waals surface area contributed by atoms with Crippen LogP contribution in [-0.4, -0.2) is 50.9 Å². The minimum absolute atomic E-state index is 0.0276. The second-order valence-electron chi connectivity index (χ2n) is 3.99. The molecule has 0 radical (unpaired) electrons. The van der Waals surface area contributed by atoms with Crippen LogP contribution in [0.25, 0.3) is 0 Å². The number of halogens is 1. The Morgan fingerprint density at radius 1 is 1.45 bits per heavy atom. The minimum Gasteiger partial charge on any atom is -0.477 e. The Bertz CT molecular complexity index is 624. The summed E-state index contributed by atoms with van der Waals surface area (Å²) in [6.45, 7) is -0.0515. The van der Waals surface area contributed by atoms with Gasteiger partial charge in [-0.25, -0.2) is 17.9 Å². The van der Waals surface area contributed by atoms with Gasteiger partial charge in [0.15, 0.2) is 0 Å². The van der Waals surface area contributed by atoms with Crippen molar-refractivity contribution in [2.75, 3.05) is 20.6 Å². The normalized spacial score (nSPS) is 11.3. The lowest BCUT2D eigenvalue weighted by Gasteiger charge is -2.10. The van der Waals surface area contributed by atoms with E-state index in [1.165, 1.54) is 4.90 Å². The van der Waals surface area contributed by atoms with Crippen molar-refractivity contribution in [3.63, 3.8) is 0 Å². The molecule has 0 aliphatic carbocycles. The topological polar surface area (TPSA) is 104 Å². The van der Waals surface area contributed by atoms with Gasteiger partial charge in [-0.05, 0) is 22.0 Å². The first-order chi connectivity index (χ1) is 9.15. The van der Waals surface area contributed by atoms with Crippen LogP contribution in [0.4, 0.5) is 0 Å². The summed E-state index contributed by atoms with van der Waals surface area (Å²) in [5, 5.41) is 8.82. The Labute approximate surface area is 128 Å². The lowest BCUT2D eigenvalue weighted by Crippen LogP contribution is -2.30. The van der Waals surface area contributed by atoms with E-state index in [2.05, 4.69) is 20.7 Å². The zero-order valence-electron chi connectivity index (χ0n) is 10.7. The van der Waals surface area contributed by atoms with E-state index in [1.807, 2.05) is 0 Å². The first kappa shape index (κ1) is 17.1. The molecule has 0 aliphatic rings. The van der Waals surface area contributed by atoms with Crippen molar-refractivity contribution in [2.24, 2.45) is 0 Å². The highest BCUT2D eigenvalue weighted by atomic mass is 79.9. The number of rotatable bonds is 6. The number of thiophene rings is 1. The minimum atomic E-state index is -3.85. The molecule has 1 aromatic heterocycles. The quantitative estimate of drug-likeness (QED) is 0.760. The van der Waals surface area contributed by atoms with E-state index in [0.717, 1.165) is 17.4 Å². The first-order valence-corrected chi connectivity index (χ1v) is 8.47. The van der Waals surface area contributed by atoms with Crippen molar-refractivity contribution in [1.29, 1.82) is 0 Å². The Morgan fingerprint density at radius 2 is 2.05 bits per heavy atom. The summed E-state index contributed by atoms with van der Waals surface area (Å²) < 4.78 is 26.4. The van der Waals surface area contributed by atoms with Crippen LogP contribution in [0.5, 0.6) is 0 Å². The van der Waals surface area contributed by atoms with E-state index in [0.29, 0.717) is 0 Å². The van der Waals surface area contributed by atoms with Crippen molar-refractivity contribution < 1.29 is 23.1 Å². The van der Waals surface area contributed by atoms with Gasteiger partial charge < -0.3 is 10.0 Å². The number of amides is 1. The van der Waals surface area contributed by atoms with Crippen LogP contribution in [0.1, 0.15) is 16.1 Å².